The lowest BCUT2D eigenvalue weighted by Crippen LogP contribution is -2.11. The molecule has 1 atom stereocenters. The van der Waals surface area contributed by atoms with Gasteiger partial charge in [0.25, 0.3) is 0 Å². The van der Waals surface area contributed by atoms with Gasteiger partial charge < -0.3 is 4.74 Å². The van der Waals surface area contributed by atoms with Crippen molar-refractivity contribution in [2.45, 2.75) is 19.4 Å². The summed E-state index contributed by atoms with van der Waals surface area (Å²) >= 11 is 3.41. The molecule has 0 aromatic rings. The predicted molar refractivity (Wildman–Crippen MR) is 37.0 cm³/mol. The summed E-state index contributed by atoms with van der Waals surface area (Å²) in [5, 5.41) is 0. The van der Waals surface area contributed by atoms with Crippen molar-refractivity contribution in [3.63, 3.8) is 0 Å². The van der Waals surface area contributed by atoms with Crippen LogP contribution in [-0.4, -0.2) is 12.7 Å². The van der Waals surface area contributed by atoms with Crippen LogP contribution in [0.1, 0.15) is 13.3 Å². The van der Waals surface area contributed by atoms with Gasteiger partial charge in [-0.3, -0.25) is 0 Å². The number of hydrogen-bond donors (Lipinski definition) is 0. The predicted octanol–water partition coefficient (Wildman–Crippen LogP) is 2.07. The zero-order chi connectivity index (χ0) is 5.98. The van der Waals surface area contributed by atoms with Crippen LogP contribution in [0.2, 0.25) is 0 Å². The highest BCUT2D eigenvalue weighted by Gasteiger charge is 2.05. The molecule has 0 radical (unpaired) electrons. The Bertz CT molecular complexity index is 109. The van der Waals surface area contributed by atoms with Crippen molar-refractivity contribution < 1.29 is 4.74 Å². The van der Waals surface area contributed by atoms with E-state index in [1.807, 2.05) is 6.92 Å². The van der Waals surface area contributed by atoms with Gasteiger partial charge in [0.05, 0.1) is 12.7 Å². The molecule has 8 heavy (non-hydrogen) atoms. The Labute approximate surface area is 57.8 Å². The monoisotopic (exact) mass is 176 g/mol. The molecule has 1 rings (SSSR count). The van der Waals surface area contributed by atoms with Gasteiger partial charge in [0.15, 0.2) is 0 Å². The molecule has 1 aliphatic rings. The van der Waals surface area contributed by atoms with Crippen molar-refractivity contribution in [1.29, 1.82) is 0 Å². The summed E-state index contributed by atoms with van der Waals surface area (Å²) in [5.41, 5.74) is 0. The first-order chi connectivity index (χ1) is 3.79. The molecule has 1 aliphatic heterocycles. The topological polar surface area (TPSA) is 9.23 Å². The Balaban J connectivity index is 2.50. The highest BCUT2D eigenvalue weighted by atomic mass is 79.9. The zero-order valence-electron chi connectivity index (χ0n) is 4.86. The molecule has 0 unspecified atom stereocenters. The van der Waals surface area contributed by atoms with Gasteiger partial charge in [0.1, 0.15) is 0 Å². The van der Waals surface area contributed by atoms with E-state index in [1.165, 1.54) is 4.48 Å². The third-order valence-corrected chi connectivity index (χ3v) is 1.80. The molecule has 46 valence electrons. The third-order valence-electron chi connectivity index (χ3n) is 1.14. The van der Waals surface area contributed by atoms with Gasteiger partial charge in [-0.05, 0) is 17.5 Å². The minimum atomic E-state index is 0.304. The molecule has 2 heteroatoms. The lowest BCUT2D eigenvalue weighted by atomic mass is 10.2. The van der Waals surface area contributed by atoms with Gasteiger partial charge in [-0.1, -0.05) is 15.9 Å². The highest BCUT2D eigenvalue weighted by molar-refractivity contribution is 9.11. The molecule has 0 saturated carbocycles. The van der Waals surface area contributed by atoms with Crippen LogP contribution in [0.4, 0.5) is 0 Å². The molecule has 1 nitrogen and oxygen atoms in total. The van der Waals surface area contributed by atoms with Crippen LogP contribution in [0.15, 0.2) is 10.6 Å². The first-order valence-electron chi connectivity index (χ1n) is 2.77. The highest BCUT2D eigenvalue weighted by Crippen LogP contribution is 2.17. The van der Waals surface area contributed by atoms with Gasteiger partial charge in [0, 0.05) is 6.42 Å². The van der Waals surface area contributed by atoms with E-state index >= 15 is 0 Å². The molecular weight excluding hydrogens is 168 g/mol. The molecule has 0 aliphatic carbocycles. The Morgan fingerprint density at radius 2 is 2.62 bits per heavy atom. The van der Waals surface area contributed by atoms with E-state index < -0.39 is 0 Å². The molecular formula is C6H9BrO. The van der Waals surface area contributed by atoms with Crippen LogP contribution in [0.25, 0.3) is 0 Å². The van der Waals surface area contributed by atoms with Gasteiger partial charge in [-0.25, -0.2) is 0 Å². The van der Waals surface area contributed by atoms with Crippen LogP contribution >= 0.6 is 15.9 Å². The number of halogens is 1. The van der Waals surface area contributed by atoms with E-state index in [1.54, 1.807) is 0 Å². The van der Waals surface area contributed by atoms with Gasteiger partial charge >= 0.3 is 0 Å². The van der Waals surface area contributed by atoms with E-state index in [9.17, 15) is 0 Å². The van der Waals surface area contributed by atoms with E-state index in [0.29, 0.717) is 6.10 Å². The average Bonchev–Trinajstić information content (AvgIpc) is 1.64. The van der Waals surface area contributed by atoms with Crippen molar-refractivity contribution in [3.8, 4) is 0 Å². The molecule has 0 aromatic carbocycles. The minimum absolute atomic E-state index is 0.304. The van der Waals surface area contributed by atoms with Crippen LogP contribution in [0.3, 0.4) is 0 Å². The van der Waals surface area contributed by atoms with Gasteiger partial charge in [-0.2, -0.15) is 0 Å². The Hall–Kier alpha value is 0.180. The van der Waals surface area contributed by atoms with Crippen LogP contribution in [-0.2, 0) is 4.74 Å². The van der Waals surface area contributed by atoms with E-state index in [0.717, 1.165) is 13.0 Å². The second kappa shape index (κ2) is 2.65. The van der Waals surface area contributed by atoms with Crippen molar-refractivity contribution in [1.82, 2.24) is 0 Å². The summed E-state index contributed by atoms with van der Waals surface area (Å²) in [6, 6.07) is 0. The molecule has 0 spiro atoms. The van der Waals surface area contributed by atoms with Crippen molar-refractivity contribution >= 4 is 15.9 Å². The molecule has 0 aromatic heterocycles. The summed E-state index contributed by atoms with van der Waals surface area (Å²) < 4.78 is 6.52. The van der Waals surface area contributed by atoms with E-state index in [4.69, 9.17) is 4.74 Å². The lowest BCUT2D eigenvalue weighted by Gasteiger charge is -2.14. The molecule has 0 fully saturated rings. The first kappa shape index (κ1) is 6.30. The van der Waals surface area contributed by atoms with E-state index in [-0.39, 0.29) is 0 Å². The maximum absolute atomic E-state index is 5.24. The number of hydrogen-bond acceptors (Lipinski definition) is 1. The van der Waals surface area contributed by atoms with Crippen molar-refractivity contribution in [2.75, 3.05) is 6.61 Å². The largest absolute Gasteiger partial charge is 0.374 e. The van der Waals surface area contributed by atoms with Crippen LogP contribution < -0.4 is 0 Å². The van der Waals surface area contributed by atoms with Crippen LogP contribution in [0, 0.1) is 0 Å². The fourth-order valence-corrected chi connectivity index (χ4v) is 1.26. The summed E-state index contributed by atoms with van der Waals surface area (Å²) in [7, 11) is 0. The Morgan fingerprint density at radius 1 is 1.88 bits per heavy atom. The second-order valence-electron chi connectivity index (χ2n) is 1.94. The van der Waals surface area contributed by atoms with Gasteiger partial charge in [-0.15, -0.1) is 0 Å². The van der Waals surface area contributed by atoms with Gasteiger partial charge in [0.2, 0.25) is 0 Å². The Morgan fingerprint density at radius 3 is 3.00 bits per heavy atom. The standard InChI is InChI=1S/C6H9BrO/c1-5-4-6(7)2-3-8-5/h4-5H,2-3H2,1H3/t5-/m1/s1. The normalized spacial score (nSPS) is 29.8. The summed E-state index contributed by atoms with van der Waals surface area (Å²) in [4.78, 5) is 0. The maximum Gasteiger partial charge on any atom is 0.0738 e. The number of ether oxygens (including phenoxy) is 1. The molecule has 1 heterocycles. The maximum atomic E-state index is 5.24. The third kappa shape index (κ3) is 1.60. The van der Waals surface area contributed by atoms with E-state index in [2.05, 4.69) is 22.0 Å². The fraction of sp³-hybridized carbons (Fsp3) is 0.667. The van der Waals surface area contributed by atoms with Crippen molar-refractivity contribution in [2.24, 2.45) is 0 Å². The quantitative estimate of drug-likeness (QED) is 0.550. The minimum Gasteiger partial charge on any atom is -0.374 e. The number of rotatable bonds is 0. The summed E-state index contributed by atoms with van der Waals surface area (Å²) in [6.07, 6.45) is 3.42. The molecule has 0 bridgehead atoms. The average molecular weight is 177 g/mol. The summed E-state index contributed by atoms with van der Waals surface area (Å²) in [6.45, 7) is 2.90. The molecule has 0 saturated heterocycles. The Kier molecular flexibility index (Phi) is 2.08. The fourth-order valence-electron chi connectivity index (χ4n) is 0.728. The zero-order valence-corrected chi connectivity index (χ0v) is 6.44. The molecule has 0 amide bonds. The lowest BCUT2D eigenvalue weighted by molar-refractivity contribution is 0.0917. The van der Waals surface area contributed by atoms with Crippen LogP contribution in [0.5, 0.6) is 0 Å². The van der Waals surface area contributed by atoms with Crippen molar-refractivity contribution in [3.05, 3.63) is 10.6 Å². The summed E-state index contributed by atoms with van der Waals surface area (Å²) in [5.74, 6) is 0. The SMILES string of the molecule is C[C@@H]1C=C(Br)CCO1. The second-order valence-corrected chi connectivity index (χ2v) is 2.96. The molecule has 0 N–H and O–H groups in total. The smallest absolute Gasteiger partial charge is 0.0738 e. The first-order valence-corrected chi connectivity index (χ1v) is 3.56.